The summed E-state index contributed by atoms with van der Waals surface area (Å²) in [6.07, 6.45) is 4.77. The van der Waals surface area contributed by atoms with Crippen LogP contribution >= 0.6 is 0 Å². The summed E-state index contributed by atoms with van der Waals surface area (Å²) in [7, 11) is 1.91. The molecule has 0 unspecified atom stereocenters. The Bertz CT molecular complexity index is 849. The van der Waals surface area contributed by atoms with Gasteiger partial charge in [0.05, 0.1) is 18.3 Å². The number of nitrogens with zero attached hydrogens (tertiary/aromatic N) is 5. The maximum absolute atomic E-state index is 12.7. The fourth-order valence-electron chi connectivity index (χ4n) is 4.38. The molecule has 0 saturated carbocycles. The third-order valence-electron chi connectivity index (χ3n) is 5.64. The standard InChI is InChI=1S/C20H25N5O2/c1-16(26)25-13-19(27)24(18-6-4-3-5-7-18)15-20(25)8-9-23(14-20)12-17-10-21-22(2)11-17/h3-7,10-11H,8-9,12-15H2,1-2H3/t20-/m1/s1. The maximum Gasteiger partial charge on any atom is 0.246 e. The molecule has 2 amide bonds. The van der Waals surface area contributed by atoms with Crippen LogP contribution in [0.25, 0.3) is 0 Å². The smallest absolute Gasteiger partial charge is 0.246 e. The zero-order valence-corrected chi connectivity index (χ0v) is 15.8. The van der Waals surface area contributed by atoms with E-state index >= 15 is 0 Å². The number of amides is 2. The van der Waals surface area contributed by atoms with Gasteiger partial charge >= 0.3 is 0 Å². The lowest BCUT2D eigenvalue weighted by molar-refractivity contribution is -0.142. The zero-order chi connectivity index (χ0) is 19.0. The molecule has 0 bridgehead atoms. The Kier molecular flexibility index (Phi) is 4.47. The first-order valence-corrected chi connectivity index (χ1v) is 9.30. The van der Waals surface area contributed by atoms with Gasteiger partial charge in [0, 0.05) is 51.1 Å². The summed E-state index contributed by atoms with van der Waals surface area (Å²) < 4.78 is 1.81. The molecule has 2 aliphatic heterocycles. The molecule has 2 aliphatic rings. The molecule has 3 heterocycles. The molecular weight excluding hydrogens is 342 g/mol. The quantitative estimate of drug-likeness (QED) is 0.819. The van der Waals surface area contributed by atoms with Crippen molar-refractivity contribution in [2.45, 2.75) is 25.4 Å². The van der Waals surface area contributed by atoms with Crippen LogP contribution in [0.5, 0.6) is 0 Å². The number of carbonyl (C=O) groups is 2. The Balaban J connectivity index is 1.58. The monoisotopic (exact) mass is 367 g/mol. The number of hydrogen-bond acceptors (Lipinski definition) is 4. The number of likely N-dealkylation sites (tertiary alicyclic amines) is 1. The van der Waals surface area contributed by atoms with Gasteiger partial charge in [-0.3, -0.25) is 19.2 Å². The second-order valence-corrected chi connectivity index (χ2v) is 7.63. The summed E-state index contributed by atoms with van der Waals surface area (Å²) in [6, 6.07) is 9.74. The van der Waals surface area contributed by atoms with Gasteiger partial charge in [-0.05, 0) is 18.6 Å². The van der Waals surface area contributed by atoms with Gasteiger partial charge in [0.1, 0.15) is 6.54 Å². The summed E-state index contributed by atoms with van der Waals surface area (Å²) >= 11 is 0. The average molecular weight is 367 g/mol. The van der Waals surface area contributed by atoms with Crippen molar-refractivity contribution in [2.24, 2.45) is 7.05 Å². The summed E-state index contributed by atoms with van der Waals surface area (Å²) in [5.41, 5.74) is 1.73. The van der Waals surface area contributed by atoms with E-state index in [0.29, 0.717) is 6.54 Å². The Morgan fingerprint density at radius 3 is 2.67 bits per heavy atom. The predicted octanol–water partition coefficient (Wildman–Crippen LogP) is 1.26. The number of para-hydroxylation sites is 1. The molecule has 4 rings (SSSR count). The number of piperazine rings is 1. The van der Waals surface area contributed by atoms with E-state index in [4.69, 9.17) is 0 Å². The first-order chi connectivity index (χ1) is 13.0. The predicted molar refractivity (Wildman–Crippen MR) is 102 cm³/mol. The first kappa shape index (κ1) is 17.7. The molecule has 1 aromatic carbocycles. The molecule has 0 aliphatic carbocycles. The lowest BCUT2D eigenvalue weighted by Gasteiger charge is -2.48. The topological polar surface area (TPSA) is 61.7 Å². The highest BCUT2D eigenvalue weighted by atomic mass is 16.2. The van der Waals surface area contributed by atoms with Crippen LogP contribution in [0, 0.1) is 0 Å². The highest BCUT2D eigenvalue weighted by Crippen LogP contribution is 2.35. The number of anilines is 1. The number of benzene rings is 1. The molecule has 0 radical (unpaired) electrons. The van der Waals surface area contributed by atoms with Gasteiger partial charge in [-0.15, -0.1) is 0 Å². The third kappa shape index (κ3) is 3.35. The van der Waals surface area contributed by atoms with E-state index in [1.54, 1.807) is 16.5 Å². The van der Waals surface area contributed by atoms with Gasteiger partial charge in [-0.25, -0.2) is 0 Å². The summed E-state index contributed by atoms with van der Waals surface area (Å²) in [5.74, 6) is -0.0491. The molecule has 142 valence electrons. The van der Waals surface area contributed by atoms with E-state index in [1.807, 2.05) is 54.7 Å². The maximum atomic E-state index is 12.7. The molecule has 1 aromatic heterocycles. The van der Waals surface area contributed by atoms with Crippen LogP contribution in [-0.2, 0) is 23.2 Å². The van der Waals surface area contributed by atoms with Crippen molar-refractivity contribution in [3.63, 3.8) is 0 Å². The number of rotatable bonds is 3. The van der Waals surface area contributed by atoms with Crippen molar-refractivity contribution < 1.29 is 9.59 Å². The summed E-state index contributed by atoms with van der Waals surface area (Å²) in [5, 5.41) is 4.24. The number of carbonyl (C=O) groups excluding carboxylic acids is 2. The van der Waals surface area contributed by atoms with Crippen LogP contribution in [0.15, 0.2) is 42.7 Å². The minimum atomic E-state index is -0.336. The first-order valence-electron chi connectivity index (χ1n) is 9.30. The number of hydrogen-bond donors (Lipinski definition) is 0. The molecule has 7 heteroatoms. The van der Waals surface area contributed by atoms with Crippen molar-refractivity contribution in [2.75, 3.05) is 31.1 Å². The van der Waals surface area contributed by atoms with Crippen molar-refractivity contribution in [1.29, 1.82) is 0 Å². The fraction of sp³-hybridized carbons (Fsp3) is 0.450. The van der Waals surface area contributed by atoms with Crippen molar-refractivity contribution in [3.8, 4) is 0 Å². The van der Waals surface area contributed by atoms with Crippen LogP contribution in [0.2, 0.25) is 0 Å². The minimum absolute atomic E-state index is 0.0206. The van der Waals surface area contributed by atoms with Gasteiger partial charge in [-0.1, -0.05) is 18.2 Å². The fourth-order valence-corrected chi connectivity index (χ4v) is 4.38. The molecule has 1 spiro atoms. The van der Waals surface area contributed by atoms with E-state index in [0.717, 1.165) is 37.3 Å². The highest BCUT2D eigenvalue weighted by Gasteiger charge is 2.50. The molecular formula is C20H25N5O2. The van der Waals surface area contributed by atoms with Crippen molar-refractivity contribution in [3.05, 3.63) is 48.3 Å². The van der Waals surface area contributed by atoms with Gasteiger partial charge in [0.2, 0.25) is 11.8 Å². The van der Waals surface area contributed by atoms with E-state index in [1.165, 1.54) is 0 Å². The number of aryl methyl sites for hydroxylation is 1. The second kappa shape index (κ2) is 6.81. The molecule has 2 fully saturated rings. The third-order valence-corrected chi connectivity index (χ3v) is 5.64. The largest absolute Gasteiger partial charge is 0.325 e. The van der Waals surface area contributed by atoms with E-state index < -0.39 is 0 Å². The van der Waals surface area contributed by atoms with Crippen LogP contribution in [0.1, 0.15) is 18.9 Å². The van der Waals surface area contributed by atoms with Gasteiger partial charge < -0.3 is 9.80 Å². The normalized spacial score (nSPS) is 23.4. The molecule has 27 heavy (non-hydrogen) atoms. The Morgan fingerprint density at radius 1 is 1.22 bits per heavy atom. The van der Waals surface area contributed by atoms with Crippen LogP contribution in [-0.4, -0.2) is 63.1 Å². The zero-order valence-electron chi connectivity index (χ0n) is 15.8. The van der Waals surface area contributed by atoms with E-state index in [2.05, 4.69) is 10.00 Å². The lowest BCUT2D eigenvalue weighted by Crippen LogP contribution is -2.66. The Morgan fingerprint density at radius 2 is 2.00 bits per heavy atom. The van der Waals surface area contributed by atoms with Crippen molar-refractivity contribution in [1.82, 2.24) is 19.6 Å². The molecule has 2 saturated heterocycles. The Labute approximate surface area is 159 Å². The van der Waals surface area contributed by atoms with Crippen molar-refractivity contribution >= 4 is 17.5 Å². The minimum Gasteiger partial charge on any atom is -0.325 e. The molecule has 1 atom stereocenters. The lowest BCUT2D eigenvalue weighted by atomic mass is 9.91. The average Bonchev–Trinajstić information content (AvgIpc) is 3.24. The van der Waals surface area contributed by atoms with Crippen LogP contribution < -0.4 is 4.90 Å². The van der Waals surface area contributed by atoms with Gasteiger partial charge in [0.25, 0.3) is 0 Å². The van der Waals surface area contributed by atoms with Gasteiger partial charge in [0.15, 0.2) is 0 Å². The van der Waals surface area contributed by atoms with Crippen LogP contribution in [0.3, 0.4) is 0 Å². The summed E-state index contributed by atoms with van der Waals surface area (Å²) in [4.78, 5) is 31.1. The van der Waals surface area contributed by atoms with Crippen LogP contribution in [0.4, 0.5) is 5.69 Å². The number of aromatic nitrogens is 2. The summed E-state index contributed by atoms with van der Waals surface area (Å²) in [6.45, 7) is 4.72. The molecule has 2 aromatic rings. The Hall–Kier alpha value is -2.67. The molecule has 0 N–H and O–H groups in total. The molecule has 7 nitrogen and oxygen atoms in total. The van der Waals surface area contributed by atoms with E-state index in [-0.39, 0.29) is 23.9 Å². The highest BCUT2D eigenvalue weighted by molar-refractivity contribution is 5.98. The van der Waals surface area contributed by atoms with E-state index in [9.17, 15) is 9.59 Å². The SMILES string of the molecule is CC(=O)N1CC(=O)N(c2ccccc2)C[C@]12CCN(Cc1cnn(C)c1)C2. The second-order valence-electron chi connectivity index (χ2n) is 7.63. The van der Waals surface area contributed by atoms with Gasteiger partial charge in [-0.2, -0.15) is 5.10 Å².